The second kappa shape index (κ2) is 4.39. The molecule has 0 aromatic heterocycles. The van der Waals surface area contributed by atoms with Gasteiger partial charge in [-0.3, -0.25) is 0 Å². The molecule has 0 amide bonds. The summed E-state index contributed by atoms with van der Waals surface area (Å²) in [5, 5.41) is 0. The zero-order chi connectivity index (χ0) is 14.9. The Balaban J connectivity index is 1.71. The first kappa shape index (κ1) is 14.3. The predicted octanol–water partition coefficient (Wildman–Crippen LogP) is 6.37. The second-order valence-corrected chi connectivity index (χ2v) is 9.99. The standard InChI is InChI=1S/C21H34/c1-15-8-12-21-13-9-17-19(2,3)10-5-11-20(17,4)18(21)7-6-16(15)14-21/h16-18H,1,5-14H2,2-4H3. The summed E-state index contributed by atoms with van der Waals surface area (Å²) < 4.78 is 0. The summed E-state index contributed by atoms with van der Waals surface area (Å²) in [6, 6.07) is 0. The molecule has 0 aromatic rings. The summed E-state index contributed by atoms with van der Waals surface area (Å²) in [7, 11) is 0. The van der Waals surface area contributed by atoms with Gasteiger partial charge in [0, 0.05) is 0 Å². The molecule has 4 aliphatic carbocycles. The van der Waals surface area contributed by atoms with Crippen LogP contribution >= 0.6 is 0 Å². The molecule has 2 bridgehead atoms. The largest absolute Gasteiger partial charge is 0.0996 e. The van der Waals surface area contributed by atoms with Gasteiger partial charge in [0.15, 0.2) is 0 Å². The van der Waals surface area contributed by atoms with Crippen molar-refractivity contribution in [3.8, 4) is 0 Å². The van der Waals surface area contributed by atoms with Crippen molar-refractivity contribution in [2.75, 3.05) is 0 Å². The van der Waals surface area contributed by atoms with Crippen molar-refractivity contribution in [3.05, 3.63) is 12.2 Å². The predicted molar refractivity (Wildman–Crippen MR) is 90.1 cm³/mol. The van der Waals surface area contributed by atoms with Crippen LogP contribution in [0, 0.1) is 34.0 Å². The monoisotopic (exact) mass is 286 g/mol. The smallest absolute Gasteiger partial charge is 0.0200 e. The molecule has 118 valence electrons. The summed E-state index contributed by atoms with van der Waals surface area (Å²) in [4.78, 5) is 0. The fourth-order valence-electron chi connectivity index (χ4n) is 7.81. The molecule has 0 heterocycles. The molecule has 1 spiro atoms. The number of hydrogen-bond acceptors (Lipinski definition) is 0. The Labute approximate surface area is 131 Å². The lowest BCUT2D eigenvalue weighted by molar-refractivity contribution is -0.163. The van der Waals surface area contributed by atoms with Crippen LogP contribution in [0.2, 0.25) is 0 Å². The third kappa shape index (κ3) is 1.86. The highest BCUT2D eigenvalue weighted by molar-refractivity contribution is 5.17. The molecule has 5 atom stereocenters. The Morgan fingerprint density at radius 2 is 1.71 bits per heavy atom. The van der Waals surface area contributed by atoms with E-state index < -0.39 is 0 Å². The van der Waals surface area contributed by atoms with Gasteiger partial charge in [-0.05, 0) is 91.8 Å². The van der Waals surface area contributed by atoms with Crippen LogP contribution in [0.5, 0.6) is 0 Å². The number of allylic oxidation sites excluding steroid dienone is 1. The van der Waals surface area contributed by atoms with Crippen LogP contribution in [0.3, 0.4) is 0 Å². The molecule has 0 saturated heterocycles. The Hall–Kier alpha value is -0.260. The van der Waals surface area contributed by atoms with Gasteiger partial charge in [-0.2, -0.15) is 0 Å². The van der Waals surface area contributed by atoms with Crippen molar-refractivity contribution in [2.24, 2.45) is 34.0 Å². The highest BCUT2D eigenvalue weighted by Crippen LogP contribution is 2.70. The van der Waals surface area contributed by atoms with Gasteiger partial charge < -0.3 is 0 Å². The van der Waals surface area contributed by atoms with Crippen LogP contribution in [-0.4, -0.2) is 0 Å². The molecular weight excluding hydrogens is 252 g/mol. The van der Waals surface area contributed by atoms with E-state index in [0.29, 0.717) is 16.2 Å². The summed E-state index contributed by atoms with van der Waals surface area (Å²) >= 11 is 0. The van der Waals surface area contributed by atoms with E-state index >= 15 is 0 Å². The third-order valence-corrected chi connectivity index (χ3v) is 8.72. The van der Waals surface area contributed by atoms with Gasteiger partial charge in [-0.25, -0.2) is 0 Å². The van der Waals surface area contributed by atoms with E-state index in [-0.39, 0.29) is 0 Å². The molecule has 21 heavy (non-hydrogen) atoms. The van der Waals surface area contributed by atoms with Gasteiger partial charge in [0.1, 0.15) is 0 Å². The highest BCUT2D eigenvalue weighted by Gasteiger charge is 2.61. The summed E-state index contributed by atoms with van der Waals surface area (Å²) in [5.41, 5.74) is 3.53. The molecule has 4 rings (SSSR count). The Morgan fingerprint density at radius 3 is 2.52 bits per heavy atom. The first-order valence-electron chi connectivity index (χ1n) is 9.55. The SMILES string of the molecule is C=C1CCC23CCC4C(C)(C)CCCC4(C)C2CCC1C3. The number of hydrogen-bond donors (Lipinski definition) is 0. The Kier molecular flexibility index (Phi) is 3.00. The zero-order valence-corrected chi connectivity index (χ0v) is 14.5. The minimum Gasteiger partial charge on any atom is -0.0996 e. The minimum atomic E-state index is 0.587. The lowest BCUT2D eigenvalue weighted by Crippen LogP contribution is -2.58. The van der Waals surface area contributed by atoms with E-state index in [2.05, 4.69) is 27.4 Å². The van der Waals surface area contributed by atoms with Crippen LogP contribution in [0.1, 0.15) is 85.0 Å². The molecule has 0 aliphatic heterocycles. The van der Waals surface area contributed by atoms with E-state index in [1.807, 2.05) is 0 Å². The van der Waals surface area contributed by atoms with Crippen molar-refractivity contribution in [3.63, 3.8) is 0 Å². The van der Waals surface area contributed by atoms with Gasteiger partial charge in [-0.1, -0.05) is 39.3 Å². The van der Waals surface area contributed by atoms with Crippen LogP contribution in [0.4, 0.5) is 0 Å². The summed E-state index contributed by atoms with van der Waals surface area (Å²) in [6.07, 6.45) is 14.8. The van der Waals surface area contributed by atoms with Crippen molar-refractivity contribution in [1.82, 2.24) is 0 Å². The van der Waals surface area contributed by atoms with Crippen molar-refractivity contribution in [1.29, 1.82) is 0 Å². The molecule has 5 unspecified atom stereocenters. The topological polar surface area (TPSA) is 0 Å². The maximum atomic E-state index is 4.39. The van der Waals surface area contributed by atoms with Crippen LogP contribution in [-0.2, 0) is 0 Å². The van der Waals surface area contributed by atoms with Crippen molar-refractivity contribution >= 4 is 0 Å². The zero-order valence-electron chi connectivity index (χ0n) is 14.5. The van der Waals surface area contributed by atoms with Gasteiger partial charge >= 0.3 is 0 Å². The quantitative estimate of drug-likeness (QED) is 0.454. The average Bonchev–Trinajstić information content (AvgIpc) is 2.42. The molecule has 0 N–H and O–H groups in total. The molecule has 4 fully saturated rings. The Bertz CT molecular complexity index is 459. The fourth-order valence-corrected chi connectivity index (χ4v) is 7.81. The van der Waals surface area contributed by atoms with Crippen molar-refractivity contribution < 1.29 is 0 Å². The molecule has 4 aliphatic rings. The van der Waals surface area contributed by atoms with Gasteiger partial charge in [0.2, 0.25) is 0 Å². The first-order chi connectivity index (χ1) is 9.87. The van der Waals surface area contributed by atoms with E-state index in [9.17, 15) is 0 Å². The fraction of sp³-hybridized carbons (Fsp3) is 0.905. The summed E-state index contributed by atoms with van der Waals surface area (Å²) in [6.45, 7) is 12.2. The molecular formula is C21H34. The van der Waals surface area contributed by atoms with Crippen molar-refractivity contribution in [2.45, 2.75) is 85.0 Å². The molecule has 0 aromatic carbocycles. The first-order valence-corrected chi connectivity index (χ1v) is 9.55. The second-order valence-electron chi connectivity index (χ2n) is 9.99. The normalized spacial score (nSPS) is 52.0. The maximum absolute atomic E-state index is 4.39. The van der Waals surface area contributed by atoms with Gasteiger partial charge in [0.25, 0.3) is 0 Å². The number of rotatable bonds is 0. The summed E-state index contributed by atoms with van der Waals surface area (Å²) in [5.74, 6) is 2.88. The van der Waals surface area contributed by atoms with Gasteiger partial charge in [-0.15, -0.1) is 0 Å². The Morgan fingerprint density at radius 1 is 0.905 bits per heavy atom. The lowest BCUT2D eigenvalue weighted by atomic mass is 9.38. The number of fused-ring (bicyclic) bond motifs is 3. The van der Waals surface area contributed by atoms with E-state index in [1.165, 1.54) is 64.2 Å². The average molecular weight is 287 g/mol. The van der Waals surface area contributed by atoms with E-state index in [0.717, 1.165) is 17.8 Å². The van der Waals surface area contributed by atoms with Crippen LogP contribution in [0.25, 0.3) is 0 Å². The maximum Gasteiger partial charge on any atom is -0.0200 e. The minimum absolute atomic E-state index is 0.587. The van der Waals surface area contributed by atoms with Crippen LogP contribution < -0.4 is 0 Å². The molecule has 4 saturated carbocycles. The lowest BCUT2D eigenvalue weighted by Gasteiger charge is -2.67. The van der Waals surface area contributed by atoms with Crippen LogP contribution in [0.15, 0.2) is 12.2 Å². The van der Waals surface area contributed by atoms with E-state index in [4.69, 9.17) is 0 Å². The molecule has 0 nitrogen and oxygen atoms in total. The highest BCUT2D eigenvalue weighted by atomic mass is 14.7. The van der Waals surface area contributed by atoms with Gasteiger partial charge in [0.05, 0.1) is 0 Å². The van der Waals surface area contributed by atoms with E-state index in [1.54, 1.807) is 5.57 Å². The molecule has 0 radical (unpaired) electrons. The molecule has 0 heteroatoms. The third-order valence-electron chi connectivity index (χ3n) is 8.72.